The Bertz CT molecular complexity index is 817. The zero-order chi connectivity index (χ0) is 20.1. The molecule has 29 heavy (non-hydrogen) atoms. The molecule has 3 heterocycles. The summed E-state index contributed by atoms with van der Waals surface area (Å²) in [6.07, 6.45) is 6.67. The molecule has 154 valence electrons. The maximum Gasteiger partial charge on any atom is 0.230 e. The maximum atomic E-state index is 13.2. The van der Waals surface area contributed by atoms with Gasteiger partial charge in [-0.25, -0.2) is 9.97 Å². The van der Waals surface area contributed by atoms with Gasteiger partial charge in [0.1, 0.15) is 5.75 Å². The van der Waals surface area contributed by atoms with E-state index >= 15 is 0 Å². The molecule has 1 aromatic carbocycles. The van der Waals surface area contributed by atoms with E-state index < -0.39 is 5.41 Å². The van der Waals surface area contributed by atoms with Crippen LogP contribution in [-0.4, -0.2) is 67.2 Å². The van der Waals surface area contributed by atoms with Gasteiger partial charge in [-0.15, -0.1) is 0 Å². The van der Waals surface area contributed by atoms with E-state index in [9.17, 15) is 4.79 Å². The molecule has 1 amide bonds. The molecule has 2 aliphatic rings. The maximum absolute atomic E-state index is 13.2. The van der Waals surface area contributed by atoms with E-state index in [1.54, 1.807) is 25.6 Å². The van der Waals surface area contributed by atoms with Crippen LogP contribution in [0.5, 0.6) is 5.75 Å². The first kappa shape index (κ1) is 19.6. The number of hydrogen-bond acceptors (Lipinski definition) is 6. The van der Waals surface area contributed by atoms with Crippen LogP contribution in [0.15, 0.2) is 42.7 Å². The summed E-state index contributed by atoms with van der Waals surface area (Å²) in [5.41, 5.74) is 0.629. The number of carbonyl (C=O) groups excluding carboxylic acids is 1. The van der Waals surface area contributed by atoms with Gasteiger partial charge in [0.15, 0.2) is 0 Å². The summed E-state index contributed by atoms with van der Waals surface area (Å²) in [6, 6.07) is 9.78. The van der Waals surface area contributed by atoms with Crippen molar-refractivity contribution < 1.29 is 9.53 Å². The van der Waals surface area contributed by atoms with Gasteiger partial charge in [0.05, 0.1) is 12.5 Å². The molecule has 2 aromatic rings. The van der Waals surface area contributed by atoms with Crippen LogP contribution in [0.4, 0.5) is 5.95 Å². The van der Waals surface area contributed by atoms with Crippen LogP contribution in [0.1, 0.15) is 18.4 Å². The van der Waals surface area contributed by atoms with Gasteiger partial charge in [0.25, 0.3) is 0 Å². The Morgan fingerprint density at radius 3 is 2.66 bits per heavy atom. The Balaban J connectivity index is 1.44. The molecule has 4 rings (SSSR count). The van der Waals surface area contributed by atoms with Crippen LogP contribution in [0.3, 0.4) is 0 Å². The zero-order valence-corrected chi connectivity index (χ0v) is 17.0. The summed E-state index contributed by atoms with van der Waals surface area (Å²) in [5, 5.41) is 3.19. The topological polar surface area (TPSA) is 70.6 Å². The van der Waals surface area contributed by atoms with Crippen molar-refractivity contribution in [2.24, 2.45) is 5.41 Å². The highest BCUT2D eigenvalue weighted by atomic mass is 16.5. The first-order valence-electron chi connectivity index (χ1n) is 10.3. The third kappa shape index (κ3) is 4.50. The summed E-state index contributed by atoms with van der Waals surface area (Å²) in [4.78, 5) is 26.4. The molecule has 7 heteroatoms. The number of amides is 1. The second kappa shape index (κ2) is 8.78. The van der Waals surface area contributed by atoms with Crippen molar-refractivity contribution >= 4 is 11.9 Å². The molecule has 7 nitrogen and oxygen atoms in total. The van der Waals surface area contributed by atoms with E-state index in [2.05, 4.69) is 31.2 Å². The fraction of sp³-hybridized carbons (Fsp3) is 0.500. The average Bonchev–Trinajstić information content (AvgIpc) is 3.24. The van der Waals surface area contributed by atoms with E-state index in [0.717, 1.165) is 30.9 Å². The highest BCUT2D eigenvalue weighted by molar-refractivity contribution is 5.86. The lowest BCUT2D eigenvalue weighted by molar-refractivity contribution is -0.132. The van der Waals surface area contributed by atoms with Crippen LogP contribution in [-0.2, 0) is 11.2 Å². The van der Waals surface area contributed by atoms with Gasteiger partial charge in [-0.2, -0.15) is 0 Å². The summed E-state index contributed by atoms with van der Waals surface area (Å²) >= 11 is 0. The Hall–Kier alpha value is -2.67. The zero-order valence-electron chi connectivity index (χ0n) is 17.0. The number of carbonyl (C=O) groups is 1. The van der Waals surface area contributed by atoms with Crippen molar-refractivity contribution in [3.8, 4) is 5.75 Å². The minimum atomic E-state index is -0.476. The molecule has 0 spiro atoms. The second-order valence-corrected chi connectivity index (χ2v) is 8.02. The van der Waals surface area contributed by atoms with Gasteiger partial charge in [0, 0.05) is 38.6 Å². The quantitative estimate of drug-likeness (QED) is 0.734. The SMILES string of the molecule is COc1cccc(CC2(C(=O)NCCN3CCCC3)CN(c3ncccn3)C2)c1. The van der Waals surface area contributed by atoms with Gasteiger partial charge < -0.3 is 19.9 Å². The first-order chi connectivity index (χ1) is 14.2. The number of hydrogen-bond donors (Lipinski definition) is 1. The van der Waals surface area contributed by atoms with E-state index in [4.69, 9.17) is 4.74 Å². The van der Waals surface area contributed by atoms with Crippen molar-refractivity contribution in [3.63, 3.8) is 0 Å². The predicted molar refractivity (Wildman–Crippen MR) is 112 cm³/mol. The molecule has 2 aliphatic heterocycles. The molecule has 2 saturated heterocycles. The molecule has 0 bridgehead atoms. The van der Waals surface area contributed by atoms with Gasteiger partial charge in [-0.1, -0.05) is 12.1 Å². The second-order valence-electron chi connectivity index (χ2n) is 8.02. The summed E-state index contributed by atoms with van der Waals surface area (Å²) in [5.74, 6) is 1.61. The molecule has 1 N–H and O–H groups in total. The highest BCUT2D eigenvalue weighted by Gasteiger charge is 2.50. The molecule has 0 saturated carbocycles. The third-order valence-corrected chi connectivity index (χ3v) is 5.89. The van der Waals surface area contributed by atoms with Crippen LogP contribution in [0, 0.1) is 5.41 Å². The summed E-state index contributed by atoms with van der Waals surface area (Å²) in [6.45, 7) is 5.13. The smallest absolute Gasteiger partial charge is 0.230 e. The molecule has 0 atom stereocenters. The van der Waals surface area contributed by atoms with Crippen LogP contribution in [0.25, 0.3) is 0 Å². The third-order valence-electron chi connectivity index (χ3n) is 5.89. The van der Waals surface area contributed by atoms with E-state index in [-0.39, 0.29) is 5.91 Å². The fourth-order valence-corrected chi connectivity index (χ4v) is 4.31. The predicted octanol–water partition coefficient (Wildman–Crippen LogP) is 1.75. The number of aromatic nitrogens is 2. The Morgan fingerprint density at radius 1 is 1.17 bits per heavy atom. The van der Waals surface area contributed by atoms with Crippen molar-refractivity contribution in [1.82, 2.24) is 20.2 Å². The molecule has 0 radical (unpaired) electrons. The number of benzene rings is 1. The number of nitrogens with zero attached hydrogens (tertiary/aromatic N) is 4. The Morgan fingerprint density at radius 2 is 1.93 bits per heavy atom. The number of ether oxygens (including phenoxy) is 1. The average molecular weight is 396 g/mol. The molecular formula is C22H29N5O2. The van der Waals surface area contributed by atoms with Crippen molar-refractivity contribution in [2.45, 2.75) is 19.3 Å². The number of methoxy groups -OCH3 is 1. The largest absolute Gasteiger partial charge is 0.497 e. The van der Waals surface area contributed by atoms with Crippen molar-refractivity contribution in [2.75, 3.05) is 51.3 Å². The minimum absolute atomic E-state index is 0.117. The van der Waals surface area contributed by atoms with E-state index in [1.807, 2.05) is 18.2 Å². The molecule has 0 unspecified atom stereocenters. The first-order valence-corrected chi connectivity index (χ1v) is 10.3. The van der Waals surface area contributed by atoms with E-state index in [1.165, 1.54) is 12.8 Å². The Labute approximate surface area is 172 Å². The standard InChI is InChI=1S/C22H29N5O2/c1-29-19-7-4-6-18(14-19)15-22(16-27(17-22)21-24-8-5-9-25-21)20(28)23-10-13-26-11-2-3-12-26/h4-9,14H,2-3,10-13,15-17H2,1H3,(H,23,28). The van der Waals surface area contributed by atoms with E-state index in [0.29, 0.717) is 32.0 Å². The minimum Gasteiger partial charge on any atom is -0.497 e. The number of likely N-dealkylation sites (tertiary alicyclic amines) is 1. The normalized spacial score (nSPS) is 18.3. The summed E-state index contributed by atoms with van der Waals surface area (Å²) in [7, 11) is 1.66. The lowest BCUT2D eigenvalue weighted by Crippen LogP contribution is -2.65. The van der Waals surface area contributed by atoms with Gasteiger partial charge in [0.2, 0.25) is 11.9 Å². The number of rotatable bonds is 8. The molecule has 0 aliphatic carbocycles. The van der Waals surface area contributed by atoms with Crippen molar-refractivity contribution in [1.29, 1.82) is 0 Å². The van der Waals surface area contributed by atoms with Gasteiger partial charge in [-0.3, -0.25) is 4.79 Å². The molecular weight excluding hydrogens is 366 g/mol. The molecule has 2 fully saturated rings. The fourth-order valence-electron chi connectivity index (χ4n) is 4.31. The van der Waals surface area contributed by atoms with Crippen LogP contribution < -0.4 is 15.0 Å². The van der Waals surface area contributed by atoms with Gasteiger partial charge in [-0.05, 0) is 56.1 Å². The Kier molecular flexibility index (Phi) is 5.94. The van der Waals surface area contributed by atoms with Gasteiger partial charge >= 0.3 is 0 Å². The summed E-state index contributed by atoms with van der Waals surface area (Å²) < 4.78 is 5.36. The highest BCUT2D eigenvalue weighted by Crippen LogP contribution is 2.37. The molecule has 1 aromatic heterocycles. The van der Waals surface area contributed by atoms with Crippen LogP contribution in [0.2, 0.25) is 0 Å². The monoisotopic (exact) mass is 395 g/mol. The number of anilines is 1. The lowest BCUT2D eigenvalue weighted by Gasteiger charge is -2.49. The lowest BCUT2D eigenvalue weighted by atomic mass is 9.74. The number of nitrogens with one attached hydrogen (secondary N) is 1. The van der Waals surface area contributed by atoms with Crippen molar-refractivity contribution in [3.05, 3.63) is 48.3 Å². The van der Waals surface area contributed by atoms with Crippen LogP contribution >= 0.6 is 0 Å².